The summed E-state index contributed by atoms with van der Waals surface area (Å²) in [5.41, 5.74) is 1.74. The van der Waals surface area contributed by atoms with Gasteiger partial charge in [0.15, 0.2) is 0 Å². The predicted octanol–water partition coefficient (Wildman–Crippen LogP) is 2.14. The summed E-state index contributed by atoms with van der Waals surface area (Å²) in [5.74, 6) is 1.12. The molecule has 6 heteroatoms. The molecule has 3 rings (SSSR count). The van der Waals surface area contributed by atoms with Crippen molar-refractivity contribution in [1.82, 2.24) is 19.9 Å². The summed E-state index contributed by atoms with van der Waals surface area (Å²) in [6.45, 7) is 0.500. The van der Waals surface area contributed by atoms with Gasteiger partial charge in [-0.3, -0.25) is 0 Å². The molecule has 3 aromatic rings. The van der Waals surface area contributed by atoms with Gasteiger partial charge in [-0.15, -0.1) is 0 Å². The molecule has 0 aliphatic rings. The minimum atomic E-state index is 0.500. The first-order valence-corrected chi connectivity index (χ1v) is 5.77. The molecule has 0 saturated heterocycles. The molecule has 6 nitrogen and oxygen atoms in total. The number of nitrogens with one attached hydrogen (secondary N) is 1. The molecule has 94 valence electrons. The van der Waals surface area contributed by atoms with Gasteiger partial charge in [-0.05, 0) is 12.1 Å². The number of aromatic nitrogens is 4. The summed E-state index contributed by atoms with van der Waals surface area (Å²) in [5, 5.41) is 3.04. The monoisotopic (exact) mass is 253 g/mol. The predicted molar refractivity (Wildman–Crippen MR) is 69.1 cm³/mol. The molecule has 0 bridgehead atoms. The van der Waals surface area contributed by atoms with Crippen LogP contribution < -0.4 is 5.32 Å². The molecule has 1 N–H and O–H groups in total. The van der Waals surface area contributed by atoms with Crippen molar-refractivity contribution in [3.63, 3.8) is 0 Å². The summed E-state index contributed by atoms with van der Waals surface area (Å²) in [6.07, 6.45) is 4.50. The fourth-order valence-corrected chi connectivity index (χ4v) is 1.60. The molecular formula is C13H11N5O. The minimum absolute atomic E-state index is 0.500. The maximum absolute atomic E-state index is 5.43. The molecule has 0 unspecified atom stereocenters. The normalized spacial score (nSPS) is 10.3. The van der Waals surface area contributed by atoms with Gasteiger partial charge in [0.1, 0.15) is 18.9 Å². The smallest absolute Gasteiger partial charge is 0.226 e. The summed E-state index contributed by atoms with van der Waals surface area (Å²) < 4.78 is 5.43. The fraction of sp³-hybridized carbons (Fsp3) is 0.0769. The highest BCUT2D eigenvalue weighted by Gasteiger charge is 2.06. The Kier molecular flexibility index (Phi) is 3.14. The van der Waals surface area contributed by atoms with Crippen molar-refractivity contribution in [2.45, 2.75) is 6.54 Å². The summed E-state index contributed by atoms with van der Waals surface area (Å²) in [7, 11) is 0. The van der Waals surface area contributed by atoms with E-state index in [0.29, 0.717) is 18.4 Å². The van der Waals surface area contributed by atoms with E-state index < -0.39 is 0 Å². The lowest BCUT2D eigenvalue weighted by Gasteiger charge is -1.99. The van der Waals surface area contributed by atoms with Crippen molar-refractivity contribution >= 4 is 5.95 Å². The van der Waals surface area contributed by atoms with Crippen molar-refractivity contribution in [3.05, 3.63) is 54.9 Å². The van der Waals surface area contributed by atoms with Crippen molar-refractivity contribution in [2.75, 3.05) is 5.32 Å². The van der Waals surface area contributed by atoms with Gasteiger partial charge in [-0.1, -0.05) is 18.2 Å². The molecule has 0 fully saturated rings. The molecule has 0 spiro atoms. The second kappa shape index (κ2) is 5.26. The SMILES string of the molecule is c1ccc(-c2nc(CNc3ncncn3)co2)cc1. The van der Waals surface area contributed by atoms with Crippen LogP contribution >= 0.6 is 0 Å². The number of hydrogen-bond acceptors (Lipinski definition) is 6. The van der Waals surface area contributed by atoms with E-state index in [4.69, 9.17) is 4.42 Å². The fourth-order valence-electron chi connectivity index (χ4n) is 1.60. The Bertz CT molecular complexity index is 638. The third-order valence-corrected chi connectivity index (χ3v) is 2.49. The molecule has 0 saturated carbocycles. The molecule has 2 aromatic heterocycles. The van der Waals surface area contributed by atoms with E-state index in [9.17, 15) is 0 Å². The Labute approximate surface area is 109 Å². The lowest BCUT2D eigenvalue weighted by Crippen LogP contribution is -2.03. The van der Waals surface area contributed by atoms with E-state index in [2.05, 4.69) is 25.3 Å². The second-order valence-corrected chi connectivity index (χ2v) is 3.83. The maximum atomic E-state index is 5.43. The highest BCUT2D eigenvalue weighted by molar-refractivity contribution is 5.52. The summed E-state index contributed by atoms with van der Waals surface area (Å²) in [6, 6.07) is 9.75. The van der Waals surface area contributed by atoms with Gasteiger partial charge in [0.05, 0.1) is 12.2 Å². The molecule has 1 aromatic carbocycles. The van der Waals surface area contributed by atoms with Gasteiger partial charge in [-0.25, -0.2) is 19.9 Å². The van der Waals surface area contributed by atoms with Crippen molar-refractivity contribution in [3.8, 4) is 11.5 Å². The molecule has 0 aliphatic heterocycles. The molecule has 0 atom stereocenters. The van der Waals surface area contributed by atoms with Gasteiger partial charge >= 0.3 is 0 Å². The molecule has 0 aliphatic carbocycles. The summed E-state index contributed by atoms with van der Waals surface area (Å²) in [4.78, 5) is 16.1. The zero-order chi connectivity index (χ0) is 12.9. The number of nitrogens with zero attached hydrogens (tertiary/aromatic N) is 4. The van der Waals surface area contributed by atoms with E-state index >= 15 is 0 Å². The molecular weight excluding hydrogens is 242 g/mol. The largest absolute Gasteiger partial charge is 0.444 e. The first-order chi connectivity index (χ1) is 9.42. The Morgan fingerprint density at radius 3 is 2.63 bits per heavy atom. The lowest BCUT2D eigenvalue weighted by molar-refractivity contribution is 0.573. The van der Waals surface area contributed by atoms with Crippen LogP contribution in [-0.2, 0) is 6.54 Å². The lowest BCUT2D eigenvalue weighted by atomic mass is 10.2. The first kappa shape index (κ1) is 11.3. The first-order valence-electron chi connectivity index (χ1n) is 5.77. The standard InChI is InChI=1S/C13H11N5O/c1-2-4-10(5-3-1)12-18-11(7-19-12)6-15-13-16-8-14-9-17-13/h1-5,7-9H,6H2,(H,14,15,16,17). The van der Waals surface area contributed by atoms with Gasteiger partial charge in [0, 0.05) is 5.56 Å². The van der Waals surface area contributed by atoms with Gasteiger partial charge in [0.2, 0.25) is 11.8 Å². The number of rotatable bonds is 4. The van der Waals surface area contributed by atoms with Crippen LogP contribution in [0.5, 0.6) is 0 Å². The Balaban J connectivity index is 1.69. The average molecular weight is 253 g/mol. The van der Waals surface area contributed by atoms with Crippen molar-refractivity contribution in [2.24, 2.45) is 0 Å². The highest BCUT2D eigenvalue weighted by atomic mass is 16.3. The van der Waals surface area contributed by atoms with Crippen LogP contribution in [0.2, 0.25) is 0 Å². The number of benzene rings is 1. The third-order valence-electron chi connectivity index (χ3n) is 2.49. The Hall–Kier alpha value is -2.76. The van der Waals surface area contributed by atoms with E-state index in [1.54, 1.807) is 6.26 Å². The zero-order valence-corrected chi connectivity index (χ0v) is 10.0. The van der Waals surface area contributed by atoms with E-state index in [1.807, 2.05) is 30.3 Å². The zero-order valence-electron chi connectivity index (χ0n) is 10.0. The number of hydrogen-bond donors (Lipinski definition) is 1. The molecule has 0 amide bonds. The molecule has 0 radical (unpaired) electrons. The number of oxazole rings is 1. The van der Waals surface area contributed by atoms with Crippen LogP contribution in [0.15, 0.2) is 53.7 Å². The number of anilines is 1. The van der Waals surface area contributed by atoms with Gasteiger partial charge in [0.25, 0.3) is 0 Å². The van der Waals surface area contributed by atoms with Gasteiger partial charge in [-0.2, -0.15) is 0 Å². The van der Waals surface area contributed by atoms with Crippen molar-refractivity contribution < 1.29 is 4.42 Å². The average Bonchev–Trinajstić information content (AvgIpc) is 2.96. The minimum Gasteiger partial charge on any atom is -0.444 e. The van der Waals surface area contributed by atoms with Crippen LogP contribution in [0.1, 0.15) is 5.69 Å². The second-order valence-electron chi connectivity index (χ2n) is 3.83. The van der Waals surface area contributed by atoms with E-state index in [-0.39, 0.29) is 0 Å². The Morgan fingerprint density at radius 1 is 1.05 bits per heavy atom. The maximum Gasteiger partial charge on any atom is 0.226 e. The van der Waals surface area contributed by atoms with E-state index in [1.165, 1.54) is 12.7 Å². The quantitative estimate of drug-likeness (QED) is 0.767. The summed E-state index contributed by atoms with van der Waals surface area (Å²) >= 11 is 0. The topological polar surface area (TPSA) is 76.7 Å². The Morgan fingerprint density at radius 2 is 1.84 bits per heavy atom. The van der Waals surface area contributed by atoms with Crippen LogP contribution in [0.3, 0.4) is 0 Å². The van der Waals surface area contributed by atoms with Crippen LogP contribution in [0.4, 0.5) is 5.95 Å². The van der Waals surface area contributed by atoms with E-state index in [0.717, 1.165) is 11.3 Å². The van der Waals surface area contributed by atoms with Crippen molar-refractivity contribution in [1.29, 1.82) is 0 Å². The molecule has 2 heterocycles. The molecule has 19 heavy (non-hydrogen) atoms. The van der Waals surface area contributed by atoms with Gasteiger partial charge < -0.3 is 9.73 Å². The van der Waals surface area contributed by atoms with Crippen LogP contribution in [0, 0.1) is 0 Å². The van der Waals surface area contributed by atoms with Crippen LogP contribution in [0.25, 0.3) is 11.5 Å². The highest BCUT2D eigenvalue weighted by Crippen LogP contribution is 2.18. The van der Waals surface area contributed by atoms with Crippen LogP contribution in [-0.4, -0.2) is 19.9 Å². The third kappa shape index (κ3) is 2.74.